The molecule has 0 aromatic heterocycles. The number of rotatable bonds is 12. The van der Waals surface area contributed by atoms with E-state index in [4.69, 9.17) is 4.74 Å². The lowest BCUT2D eigenvalue weighted by Gasteiger charge is -2.38. The summed E-state index contributed by atoms with van der Waals surface area (Å²) in [6, 6.07) is -4.75. The number of ketones is 1. The van der Waals surface area contributed by atoms with Gasteiger partial charge in [0.2, 0.25) is 29.4 Å². The Kier molecular flexibility index (Phi) is 12.2. The Hall–Kier alpha value is -3.71. The van der Waals surface area contributed by atoms with Gasteiger partial charge >= 0.3 is 6.09 Å². The number of ether oxygens (including phenoxy) is 1. The third-order valence-corrected chi connectivity index (χ3v) is 11.9. The van der Waals surface area contributed by atoms with Crippen molar-refractivity contribution >= 4 is 41.4 Å². The van der Waals surface area contributed by atoms with Gasteiger partial charge in [-0.1, -0.05) is 53.4 Å². The quantitative estimate of drug-likeness (QED) is 0.189. The number of hydrogen-bond acceptors (Lipinski definition) is 8. The molecule has 52 heavy (non-hydrogen) atoms. The van der Waals surface area contributed by atoms with Crippen molar-refractivity contribution in [3.63, 3.8) is 0 Å². The van der Waals surface area contributed by atoms with E-state index in [0.717, 1.165) is 57.8 Å². The number of alkyl carbamates (subject to hydrolysis) is 1. The number of carbonyl (C=O) groups is 7. The summed E-state index contributed by atoms with van der Waals surface area (Å²) in [5.41, 5.74) is -0.771. The zero-order valence-electron chi connectivity index (χ0n) is 31.9. The molecular formula is C38H60N6O8. The minimum Gasteiger partial charge on any atom is -0.447 e. The second kappa shape index (κ2) is 16.1. The number of Topliss-reactive ketones (excluding diaryl/α,β-unsaturated/α-hetero) is 1. The summed E-state index contributed by atoms with van der Waals surface area (Å²) in [4.78, 5) is 96.6. The van der Waals surface area contributed by atoms with Gasteiger partial charge in [-0.25, -0.2) is 4.79 Å². The second-order valence-electron chi connectivity index (χ2n) is 17.2. The molecule has 3 saturated carbocycles. The summed E-state index contributed by atoms with van der Waals surface area (Å²) >= 11 is 0. The van der Waals surface area contributed by atoms with Crippen molar-refractivity contribution < 1.29 is 38.3 Å². The van der Waals surface area contributed by atoms with Gasteiger partial charge in [-0.05, 0) is 94.3 Å². The van der Waals surface area contributed by atoms with E-state index in [2.05, 4.69) is 26.6 Å². The maximum absolute atomic E-state index is 14.7. The van der Waals surface area contributed by atoms with Crippen molar-refractivity contribution in [1.29, 1.82) is 0 Å². The average molecular weight is 729 g/mol. The first-order valence-corrected chi connectivity index (χ1v) is 19.5. The number of nitrogens with one attached hydrogen (secondary N) is 5. The van der Waals surface area contributed by atoms with Crippen LogP contribution in [0.4, 0.5) is 4.79 Å². The van der Waals surface area contributed by atoms with Crippen LogP contribution in [0.3, 0.4) is 0 Å². The Bertz CT molecular complexity index is 1400. The molecule has 5 rings (SSSR count). The van der Waals surface area contributed by atoms with Crippen LogP contribution in [0.15, 0.2) is 0 Å². The molecule has 6 amide bonds. The summed E-state index contributed by atoms with van der Waals surface area (Å²) in [7, 11) is 0. The molecule has 0 spiro atoms. The van der Waals surface area contributed by atoms with Gasteiger partial charge < -0.3 is 36.2 Å². The molecule has 1 unspecified atom stereocenters. The maximum Gasteiger partial charge on any atom is 0.408 e. The fourth-order valence-corrected chi connectivity index (χ4v) is 9.16. The lowest BCUT2D eigenvalue weighted by molar-refractivity contribution is -0.146. The van der Waals surface area contributed by atoms with Gasteiger partial charge in [0, 0.05) is 12.6 Å². The lowest BCUT2D eigenvalue weighted by Crippen LogP contribution is -2.62. The van der Waals surface area contributed by atoms with Crippen molar-refractivity contribution in [3.8, 4) is 0 Å². The van der Waals surface area contributed by atoms with Gasteiger partial charge in [0.15, 0.2) is 0 Å². The second-order valence-corrected chi connectivity index (χ2v) is 17.2. The summed E-state index contributed by atoms with van der Waals surface area (Å²) < 4.78 is 5.12. The van der Waals surface area contributed by atoms with Crippen LogP contribution in [0.1, 0.15) is 113 Å². The molecule has 14 heteroatoms. The Morgan fingerprint density at radius 2 is 1.56 bits per heavy atom. The van der Waals surface area contributed by atoms with Crippen molar-refractivity contribution in [2.75, 3.05) is 6.54 Å². The predicted molar refractivity (Wildman–Crippen MR) is 191 cm³/mol. The Morgan fingerprint density at radius 1 is 0.885 bits per heavy atom. The highest BCUT2D eigenvalue weighted by molar-refractivity contribution is 6.38. The van der Waals surface area contributed by atoms with E-state index >= 15 is 0 Å². The smallest absolute Gasteiger partial charge is 0.408 e. The van der Waals surface area contributed by atoms with E-state index < -0.39 is 77.0 Å². The first-order chi connectivity index (χ1) is 24.5. The highest BCUT2D eigenvalue weighted by atomic mass is 16.6. The molecule has 290 valence electrons. The van der Waals surface area contributed by atoms with Crippen LogP contribution in [0.25, 0.3) is 0 Å². The highest BCUT2D eigenvalue weighted by Crippen LogP contribution is 2.52. The van der Waals surface area contributed by atoms with E-state index in [-0.39, 0.29) is 41.7 Å². The number of carbonyl (C=O) groups excluding carboxylic acids is 7. The van der Waals surface area contributed by atoms with Crippen LogP contribution in [-0.4, -0.2) is 95.2 Å². The Morgan fingerprint density at radius 3 is 2.15 bits per heavy atom. The molecule has 5 fully saturated rings. The molecule has 9 atom stereocenters. The standard InChI is InChI=1S/C38H60N6O8/c1-8-24-25-17-14-22-18-44(29(26(22)25)34(48)42-28(24)30(45)35(49)40-23-15-16-23)36(50)31(38(5,6)7)43-33(47)27(21-12-10-9-11-13-21)41-32(46)20(4)39-37(51)52-19(2)3/h19-29,31H,8-18H2,1-7H3,(H,39,51)(H,40,49)(H,41,46)(H,42,48)(H,43,47)/t20-,22+,24-,25?,26-,27+,28+,29+,31-/m1/s1. The number of amides is 6. The molecule has 0 aromatic rings. The van der Waals surface area contributed by atoms with E-state index in [1.54, 1.807) is 18.7 Å². The van der Waals surface area contributed by atoms with Gasteiger partial charge in [-0.3, -0.25) is 28.8 Å². The van der Waals surface area contributed by atoms with E-state index in [9.17, 15) is 33.6 Å². The molecule has 0 aromatic carbocycles. The fraction of sp³-hybridized carbons (Fsp3) is 0.816. The molecule has 14 nitrogen and oxygen atoms in total. The van der Waals surface area contributed by atoms with E-state index in [0.29, 0.717) is 13.0 Å². The van der Waals surface area contributed by atoms with Gasteiger partial charge in [0.1, 0.15) is 30.2 Å². The lowest BCUT2D eigenvalue weighted by atomic mass is 9.75. The summed E-state index contributed by atoms with van der Waals surface area (Å²) in [5, 5.41) is 14.1. The average Bonchev–Trinajstić information content (AvgIpc) is 3.71. The van der Waals surface area contributed by atoms with Crippen molar-refractivity contribution in [1.82, 2.24) is 31.5 Å². The zero-order chi connectivity index (χ0) is 38.1. The van der Waals surface area contributed by atoms with Crippen molar-refractivity contribution in [2.24, 2.45) is 35.0 Å². The highest BCUT2D eigenvalue weighted by Gasteiger charge is 2.60. The van der Waals surface area contributed by atoms with E-state index in [1.807, 2.05) is 27.7 Å². The minimum atomic E-state index is -1.03. The molecule has 2 saturated heterocycles. The van der Waals surface area contributed by atoms with Crippen molar-refractivity contribution in [3.05, 3.63) is 0 Å². The molecule has 2 heterocycles. The van der Waals surface area contributed by atoms with E-state index in [1.165, 1.54) is 6.92 Å². The van der Waals surface area contributed by atoms with Crippen LogP contribution >= 0.6 is 0 Å². The summed E-state index contributed by atoms with van der Waals surface area (Å²) in [5.74, 6) is -3.72. The van der Waals surface area contributed by atoms with Crippen LogP contribution in [0, 0.1) is 35.0 Å². The molecule has 3 aliphatic carbocycles. The van der Waals surface area contributed by atoms with Gasteiger partial charge in [-0.15, -0.1) is 0 Å². The Labute approximate surface area is 307 Å². The summed E-state index contributed by atoms with van der Waals surface area (Å²) in [6.45, 7) is 12.8. The monoisotopic (exact) mass is 728 g/mol. The third-order valence-electron chi connectivity index (χ3n) is 11.9. The maximum atomic E-state index is 14.7. The van der Waals surface area contributed by atoms with Gasteiger partial charge in [0.25, 0.3) is 5.91 Å². The first kappa shape index (κ1) is 39.5. The molecule has 0 bridgehead atoms. The summed E-state index contributed by atoms with van der Waals surface area (Å²) in [6.07, 6.45) is 7.04. The molecule has 5 N–H and O–H groups in total. The van der Waals surface area contributed by atoms with Crippen LogP contribution < -0.4 is 26.6 Å². The molecule has 5 aliphatic rings. The van der Waals surface area contributed by atoms with Crippen LogP contribution in [0.2, 0.25) is 0 Å². The van der Waals surface area contributed by atoms with Crippen LogP contribution in [0.5, 0.6) is 0 Å². The SMILES string of the molecule is CC[C@@H]1C2CC[C@H]3CN(C(=O)[C@@H](NC(=O)[C@@H](NC(=O)[C@@H](C)NC(=O)OC(C)C)C4CCCCC4)C(C)(C)C)[C@H](C(=O)N[C@@H]1C(=O)C(=O)NC1CC1)[C@@H]23. The Balaban J connectivity index is 1.36. The zero-order valence-corrected chi connectivity index (χ0v) is 31.9. The van der Waals surface area contributed by atoms with Crippen LogP contribution in [-0.2, 0) is 33.5 Å². The minimum absolute atomic E-state index is 0.00511. The van der Waals surface area contributed by atoms with Gasteiger partial charge in [-0.2, -0.15) is 0 Å². The molecule has 0 radical (unpaired) electrons. The topological polar surface area (TPSA) is 192 Å². The van der Waals surface area contributed by atoms with Crippen molar-refractivity contribution in [2.45, 2.75) is 155 Å². The van der Waals surface area contributed by atoms with Gasteiger partial charge in [0.05, 0.1) is 6.10 Å². The number of hydrogen-bond donors (Lipinski definition) is 5. The fourth-order valence-electron chi connectivity index (χ4n) is 9.16. The predicted octanol–water partition coefficient (Wildman–Crippen LogP) is 2.33. The number of nitrogens with zero attached hydrogens (tertiary/aromatic N) is 1. The molecule has 2 aliphatic heterocycles. The number of likely N-dealkylation sites (tertiary alicyclic amines) is 1. The first-order valence-electron chi connectivity index (χ1n) is 19.5. The molecular weight excluding hydrogens is 668 g/mol. The normalized spacial score (nSPS) is 29.2. The third kappa shape index (κ3) is 8.73. The largest absolute Gasteiger partial charge is 0.447 e.